The molecule has 0 atom stereocenters. The summed E-state index contributed by atoms with van der Waals surface area (Å²) in [5.74, 6) is 0.808. The van der Waals surface area contributed by atoms with E-state index >= 15 is 0 Å². The van der Waals surface area contributed by atoms with Gasteiger partial charge < -0.3 is 14.4 Å². The summed E-state index contributed by atoms with van der Waals surface area (Å²) >= 11 is 0. The maximum absolute atomic E-state index is 8.99. The number of aromatic nitrogens is 2. The second-order valence-corrected chi connectivity index (χ2v) is 3.81. The zero-order valence-corrected chi connectivity index (χ0v) is 9.62. The molecule has 0 bridgehead atoms. The zero-order chi connectivity index (χ0) is 11.9. The Morgan fingerprint density at radius 1 is 1.35 bits per heavy atom. The molecule has 2 aromatic rings. The molecule has 0 aliphatic carbocycles. The van der Waals surface area contributed by atoms with E-state index in [1.54, 1.807) is 12.5 Å². The molecule has 0 amide bonds. The third-order valence-electron chi connectivity index (χ3n) is 2.47. The van der Waals surface area contributed by atoms with Crippen LogP contribution in [-0.2, 0) is 13.2 Å². The highest BCUT2D eigenvalue weighted by Gasteiger charge is 1.96. The molecule has 1 heterocycles. The fourth-order valence-electron chi connectivity index (χ4n) is 1.59. The first-order chi connectivity index (χ1) is 8.38. The van der Waals surface area contributed by atoms with Gasteiger partial charge in [0.25, 0.3) is 0 Å². The lowest BCUT2D eigenvalue weighted by Gasteiger charge is -2.07. The first-order valence-electron chi connectivity index (χ1n) is 5.67. The Hall–Kier alpha value is -1.81. The largest absolute Gasteiger partial charge is 0.494 e. The molecule has 0 saturated heterocycles. The molecule has 0 unspecified atom stereocenters. The van der Waals surface area contributed by atoms with Crippen LogP contribution in [0.3, 0.4) is 0 Å². The Bertz CT molecular complexity index is 440. The standard InChI is InChI=1S/C13H16N2O2/c16-10-12-3-1-4-13(9-12)17-8-2-6-15-7-5-14-11-15/h1,3-5,7,9,11,16H,2,6,8,10H2. The summed E-state index contributed by atoms with van der Waals surface area (Å²) < 4.78 is 7.62. The third-order valence-corrected chi connectivity index (χ3v) is 2.47. The summed E-state index contributed by atoms with van der Waals surface area (Å²) in [6, 6.07) is 7.52. The van der Waals surface area contributed by atoms with Crippen LogP contribution in [0.5, 0.6) is 5.75 Å². The van der Waals surface area contributed by atoms with E-state index in [1.807, 2.05) is 35.0 Å². The van der Waals surface area contributed by atoms with Crippen LogP contribution >= 0.6 is 0 Å². The van der Waals surface area contributed by atoms with Crippen LogP contribution in [0.25, 0.3) is 0 Å². The van der Waals surface area contributed by atoms with Gasteiger partial charge >= 0.3 is 0 Å². The molecule has 17 heavy (non-hydrogen) atoms. The highest BCUT2D eigenvalue weighted by molar-refractivity contribution is 5.27. The fourth-order valence-corrected chi connectivity index (χ4v) is 1.59. The molecular weight excluding hydrogens is 216 g/mol. The first kappa shape index (κ1) is 11.7. The maximum atomic E-state index is 8.99. The minimum absolute atomic E-state index is 0.0479. The average Bonchev–Trinajstić information content (AvgIpc) is 2.88. The molecular formula is C13H16N2O2. The lowest BCUT2D eigenvalue weighted by atomic mass is 10.2. The van der Waals surface area contributed by atoms with E-state index in [0.717, 1.165) is 24.3 Å². The van der Waals surface area contributed by atoms with Crippen molar-refractivity contribution in [1.29, 1.82) is 0 Å². The van der Waals surface area contributed by atoms with Crippen molar-refractivity contribution < 1.29 is 9.84 Å². The Kier molecular flexibility index (Phi) is 4.16. The summed E-state index contributed by atoms with van der Waals surface area (Å²) in [5, 5.41) is 8.99. The highest BCUT2D eigenvalue weighted by Crippen LogP contribution is 2.13. The smallest absolute Gasteiger partial charge is 0.119 e. The third kappa shape index (κ3) is 3.60. The number of imidazole rings is 1. The van der Waals surface area contributed by atoms with Crippen molar-refractivity contribution in [2.24, 2.45) is 0 Å². The molecule has 0 aliphatic heterocycles. The molecule has 0 fully saturated rings. The number of hydrogen-bond donors (Lipinski definition) is 1. The van der Waals surface area contributed by atoms with Crippen LogP contribution in [0, 0.1) is 0 Å². The molecule has 4 heteroatoms. The minimum atomic E-state index is 0.0479. The topological polar surface area (TPSA) is 47.3 Å². The Labute approximate surface area is 100 Å². The Morgan fingerprint density at radius 3 is 3.06 bits per heavy atom. The number of rotatable bonds is 6. The number of aliphatic hydroxyl groups excluding tert-OH is 1. The van der Waals surface area contributed by atoms with E-state index < -0.39 is 0 Å². The maximum Gasteiger partial charge on any atom is 0.119 e. The lowest BCUT2D eigenvalue weighted by Crippen LogP contribution is -2.03. The van der Waals surface area contributed by atoms with Crippen LogP contribution in [-0.4, -0.2) is 21.3 Å². The van der Waals surface area contributed by atoms with Gasteiger partial charge in [-0.3, -0.25) is 0 Å². The number of benzene rings is 1. The summed E-state index contributed by atoms with van der Waals surface area (Å²) in [6.45, 7) is 1.61. The monoisotopic (exact) mass is 232 g/mol. The van der Waals surface area contributed by atoms with Gasteiger partial charge in [0, 0.05) is 18.9 Å². The molecule has 0 radical (unpaired) electrons. The summed E-state index contributed by atoms with van der Waals surface area (Å²) in [6.07, 6.45) is 6.43. The summed E-state index contributed by atoms with van der Waals surface area (Å²) in [4.78, 5) is 3.98. The van der Waals surface area contributed by atoms with Gasteiger partial charge in [-0.2, -0.15) is 0 Å². The van der Waals surface area contributed by atoms with Crippen LogP contribution in [0.1, 0.15) is 12.0 Å². The summed E-state index contributed by atoms with van der Waals surface area (Å²) in [7, 11) is 0. The minimum Gasteiger partial charge on any atom is -0.494 e. The van der Waals surface area contributed by atoms with Gasteiger partial charge in [-0.1, -0.05) is 12.1 Å². The quantitative estimate of drug-likeness (QED) is 0.773. The molecule has 1 aromatic carbocycles. The predicted octanol–water partition coefficient (Wildman–Crippen LogP) is 1.84. The SMILES string of the molecule is OCc1cccc(OCCCn2ccnc2)c1. The van der Waals surface area contributed by atoms with E-state index in [2.05, 4.69) is 4.98 Å². The molecule has 1 aromatic heterocycles. The van der Waals surface area contributed by atoms with Gasteiger partial charge in [-0.05, 0) is 24.1 Å². The first-order valence-corrected chi connectivity index (χ1v) is 5.67. The molecule has 1 N–H and O–H groups in total. The normalized spacial score (nSPS) is 10.4. The van der Waals surface area contributed by atoms with E-state index in [-0.39, 0.29) is 6.61 Å². The van der Waals surface area contributed by atoms with Gasteiger partial charge in [0.15, 0.2) is 0 Å². The van der Waals surface area contributed by atoms with Crippen molar-refractivity contribution in [3.05, 3.63) is 48.5 Å². The van der Waals surface area contributed by atoms with Crippen LogP contribution in [0.15, 0.2) is 43.0 Å². The number of nitrogens with zero attached hydrogens (tertiary/aromatic N) is 2. The van der Waals surface area contributed by atoms with Crippen molar-refractivity contribution in [2.75, 3.05) is 6.61 Å². The lowest BCUT2D eigenvalue weighted by molar-refractivity contribution is 0.277. The summed E-state index contributed by atoms with van der Waals surface area (Å²) in [5.41, 5.74) is 0.872. The molecule has 90 valence electrons. The van der Waals surface area contributed by atoms with Crippen molar-refractivity contribution in [2.45, 2.75) is 19.6 Å². The predicted molar refractivity (Wildman–Crippen MR) is 64.7 cm³/mol. The Balaban J connectivity index is 1.74. The van der Waals surface area contributed by atoms with Crippen LogP contribution < -0.4 is 4.74 Å². The zero-order valence-electron chi connectivity index (χ0n) is 9.62. The number of aryl methyl sites for hydroxylation is 1. The van der Waals surface area contributed by atoms with Crippen molar-refractivity contribution in [1.82, 2.24) is 9.55 Å². The van der Waals surface area contributed by atoms with Crippen molar-refractivity contribution >= 4 is 0 Å². The average molecular weight is 232 g/mol. The van der Waals surface area contributed by atoms with Gasteiger partial charge in [0.05, 0.1) is 19.5 Å². The molecule has 2 rings (SSSR count). The van der Waals surface area contributed by atoms with E-state index in [0.29, 0.717) is 6.61 Å². The van der Waals surface area contributed by atoms with E-state index in [4.69, 9.17) is 9.84 Å². The van der Waals surface area contributed by atoms with E-state index in [1.165, 1.54) is 0 Å². The van der Waals surface area contributed by atoms with Gasteiger partial charge in [-0.25, -0.2) is 4.98 Å². The van der Waals surface area contributed by atoms with Gasteiger partial charge in [0.1, 0.15) is 5.75 Å². The fraction of sp³-hybridized carbons (Fsp3) is 0.308. The molecule has 0 aliphatic rings. The Morgan fingerprint density at radius 2 is 2.29 bits per heavy atom. The van der Waals surface area contributed by atoms with Crippen molar-refractivity contribution in [3.63, 3.8) is 0 Å². The number of ether oxygens (including phenoxy) is 1. The van der Waals surface area contributed by atoms with Crippen LogP contribution in [0.2, 0.25) is 0 Å². The second kappa shape index (κ2) is 6.06. The highest BCUT2D eigenvalue weighted by atomic mass is 16.5. The number of aliphatic hydroxyl groups is 1. The second-order valence-electron chi connectivity index (χ2n) is 3.81. The van der Waals surface area contributed by atoms with Gasteiger partial charge in [0.2, 0.25) is 0 Å². The molecule has 0 spiro atoms. The number of hydrogen-bond acceptors (Lipinski definition) is 3. The van der Waals surface area contributed by atoms with Crippen LogP contribution in [0.4, 0.5) is 0 Å². The molecule has 4 nitrogen and oxygen atoms in total. The molecule has 0 saturated carbocycles. The van der Waals surface area contributed by atoms with Crippen molar-refractivity contribution in [3.8, 4) is 5.75 Å². The van der Waals surface area contributed by atoms with Gasteiger partial charge in [-0.15, -0.1) is 0 Å². The van der Waals surface area contributed by atoms with E-state index in [9.17, 15) is 0 Å².